The molecule has 2 N–H and O–H groups in total. The maximum atomic E-state index is 13.2. The number of anilines is 1. The maximum Gasteiger partial charge on any atom is 0.257 e. The monoisotopic (exact) mass is 310 g/mol. The molecule has 1 aromatic carbocycles. The average Bonchev–Trinajstić information content (AvgIpc) is 2.34. The van der Waals surface area contributed by atoms with Gasteiger partial charge in [0.05, 0.1) is 16.2 Å². The molecular weight excluding hydrogens is 303 g/mol. The predicted octanol–water partition coefficient (Wildman–Crippen LogP) is 2.94. The summed E-state index contributed by atoms with van der Waals surface area (Å²) in [5.74, 6) is -1.05. The van der Waals surface area contributed by atoms with Crippen molar-refractivity contribution in [3.05, 3.63) is 52.5 Å². The first-order valence-electron chi connectivity index (χ1n) is 4.96. The highest BCUT2D eigenvalue weighted by molar-refractivity contribution is 9.10. The number of halogens is 2. The number of aromatic nitrogens is 1. The van der Waals surface area contributed by atoms with Crippen LogP contribution < -0.4 is 5.32 Å². The Labute approximate surface area is 111 Å². The van der Waals surface area contributed by atoms with E-state index in [9.17, 15) is 14.3 Å². The molecule has 1 aromatic heterocycles. The van der Waals surface area contributed by atoms with Gasteiger partial charge in [-0.15, -0.1) is 0 Å². The van der Waals surface area contributed by atoms with Gasteiger partial charge in [0.1, 0.15) is 11.6 Å². The van der Waals surface area contributed by atoms with Gasteiger partial charge in [-0.05, 0) is 40.2 Å². The van der Waals surface area contributed by atoms with Gasteiger partial charge >= 0.3 is 0 Å². The minimum absolute atomic E-state index is 0.107. The van der Waals surface area contributed by atoms with Gasteiger partial charge in [-0.1, -0.05) is 0 Å². The first-order valence-corrected chi connectivity index (χ1v) is 5.76. The van der Waals surface area contributed by atoms with Crippen LogP contribution in [0.15, 0.2) is 41.1 Å². The van der Waals surface area contributed by atoms with E-state index in [2.05, 4.69) is 26.2 Å². The van der Waals surface area contributed by atoms with Crippen LogP contribution in [0.1, 0.15) is 10.4 Å². The average molecular weight is 311 g/mol. The Balaban J connectivity index is 2.18. The van der Waals surface area contributed by atoms with Crippen LogP contribution >= 0.6 is 15.9 Å². The van der Waals surface area contributed by atoms with E-state index >= 15 is 0 Å². The second-order valence-electron chi connectivity index (χ2n) is 3.51. The molecule has 1 heterocycles. The van der Waals surface area contributed by atoms with Crippen LogP contribution in [0, 0.1) is 5.82 Å². The molecule has 0 aliphatic carbocycles. The number of benzene rings is 1. The Bertz CT molecular complexity index is 604. The number of nitrogens with zero attached hydrogens (tertiary/aromatic N) is 1. The van der Waals surface area contributed by atoms with Gasteiger partial charge in [-0.3, -0.25) is 9.78 Å². The highest BCUT2D eigenvalue weighted by atomic mass is 79.9. The lowest BCUT2D eigenvalue weighted by Gasteiger charge is -2.05. The molecule has 4 nitrogen and oxygen atoms in total. The van der Waals surface area contributed by atoms with E-state index < -0.39 is 11.7 Å². The first kappa shape index (κ1) is 12.5. The van der Waals surface area contributed by atoms with Gasteiger partial charge in [-0.25, -0.2) is 4.39 Å². The van der Waals surface area contributed by atoms with Gasteiger partial charge < -0.3 is 10.4 Å². The van der Waals surface area contributed by atoms with Gasteiger partial charge in [0.25, 0.3) is 5.91 Å². The largest absolute Gasteiger partial charge is 0.506 e. The van der Waals surface area contributed by atoms with Crippen LogP contribution in [0.2, 0.25) is 0 Å². The topological polar surface area (TPSA) is 62.2 Å². The van der Waals surface area contributed by atoms with Gasteiger partial charge in [0.15, 0.2) is 0 Å². The standard InChI is InChI=1S/C12H8BrFN2O2/c13-10-2-1-8(4-11(10)14)16-12(18)7-3-9(17)6-15-5-7/h1-6,17H,(H,16,18). The van der Waals surface area contributed by atoms with Crippen LogP contribution in [0.3, 0.4) is 0 Å². The molecule has 0 radical (unpaired) electrons. The van der Waals surface area contributed by atoms with Crippen molar-refractivity contribution < 1.29 is 14.3 Å². The summed E-state index contributed by atoms with van der Waals surface area (Å²) in [5.41, 5.74) is 0.516. The fourth-order valence-electron chi connectivity index (χ4n) is 1.33. The third-order valence-corrected chi connectivity index (χ3v) is 2.81. The van der Waals surface area contributed by atoms with Crippen LogP contribution in [-0.2, 0) is 0 Å². The Morgan fingerprint density at radius 3 is 2.78 bits per heavy atom. The van der Waals surface area contributed by atoms with Crippen LogP contribution in [-0.4, -0.2) is 16.0 Å². The number of hydrogen-bond donors (Lipinski definition) is 2. The van der Waals surface area contributed by atoms with Crippen LogP contribution in [0.4, 0.5) is 10.1 Å². The van der Waals surface area contributed by atoms with Crippen LogP contribution in [0.5, 0.6) is 5.75 Å². The van der Waals surface area contributed by atoms with E-state index in [0.717, 1.165) is 0 Å². The fraction of sp³-hybridized carbons (Fsp3) is 0. The van der Waals surface area contributed by atoms with Crippen molar-refractivity contribution >= 4 is 27.5 Å². The minimum Gasteiger partial charge on any atom is -0.506 e. The second kappa shape index (κ2) is 5.14. The second-order valence-corrected chi connectivity index (χ2v) is 4.37. The summed E-state index contributed by atoms with van der Waals surface area (Å²) in [5, 5.41) is 11.7. The molecule has 2 rings (SSSR count). The summed E-state index contributed by atoms with van der Waals surface area (Å²) in [6.07, 6.45) is 2.53. The molecule has 0 saturated carbocycles. The predicted molar refractivity (Wildman–Crippen MR) is 68.0 cm³/mol. The lowest BCUT2D eigenvalue weighted by atomic mass is 10.2. The molecule has 0 aliphatic heterocycles. The first-order chi connectivity index (χ1) is 8.56. The Morgan fingerprint density at radius 1 is 1.33 bits per heavy atom. The van der Waals surface area contributed by atoms with Gasteiger partial charge in [-0.2, -0.15) is 0 Å². The Morgan fingerprint density at radius 2 is 2.11 bits per heavy atom. The molecule has 0 atom stereocenters. The Kier molecular flexibility index (Phi) is 3.57. The minimum atomic E-state index is -0.472. The highest BCUT2D eigenvalue weighted by Crippen LogP contribution is 2.20. The van der Waals surface area contributed by atoms with Crippen molar-refractivity contribution in [2.75, 3.05) is 5.32 Å². The maximum absolute atomic E-state index is 13.2. The lowest BCUT2D eigenvalue weighted by molar-refractivity contribution is 0.102. The van der Waals surface area contributed by atoms with Crippen molar-refractivity contribution in [1.29, 1.82) is 0 Å². The summed E-state index contributed by atoms with van der Waals surface area (Å²) < 4.78 is 13.6. The third kappa shape index (κ3) is 2.84. The number of aromatic hydroxyl groups is 1. The highest BCUT2D eigenvalue weighted by Gasteiger charge is 2.08. The van der Waals surface area contributed by atoms with Gasteiger partial charge in [0.2, 0.25) is 0 Å². The number of hydrogen-bond acceptors (Lipinski definition) is 3. The number of carbonyl (C=O) groups excluding carboxylic acids is 1. The van der Waals surface area contributed by atoms with Gasteiger partial charge in [0, 0.05) is 11.9 Å². The van der Waals surface area contributed by atoms with Crippen molar-refractivity contribution in [3.63, 3.8) is 0 Å². The molecule has 92 valence electrons. The molecule has 0 fully saturated rings. The normalized spacial score (nSPS) is 10.1. The summed E-state index contributed by atoms with van der Waals surface area (Å²) >= 11 is 3.02. The van der Waals surface area contributed by atoms with E-state index in [-0.39, 0.29) is 11.3 Å². The molecule has 0 unspecified atom stereocenters. The molecule has 2 aromatic rings. The Hall–Kier alpha value is -1.95. The fourth-order valence-corrected chi connectivity index (χ4v) is 1.58. The van der Waals surface area contributed by atoms with Crippen molar-refractivity contribution in [2.24, 2.45) is 0 Å². The molecule has 0 spiro atoms. The molecule has 1 amide bonds. The number of carbonyl (C=O) groups is 1. The number of nitrogens with one attached hydrogen (secondary N) is 1. The molecular formula is C12H8BrFN2O2. The summed E-state index contributed by atoms with van der Waals surface area (Å²) in [7, 11) is 0. The summed E-state index contributed by atoms with van der Waals surface area (Å²) in [6, 6.07) is 5.52. The number of rotatable bonds is 2. The zero-order valence-electron chi connectivity index (χ0n) is 9.02. The number of pyridine rings is 1. The molecule has 0 bridgehead atoms. The van der Waals surface area contributed by atoms with E-state index in [1.54, 1.807) is 6.07 Å². The lowest BCUT2D eigenvalue weighted by Crippen LogP contribution is -2.12. The van der Waals surface area contributed by atoms with E-state index in [0.29, 0.717) is 10.2 Å². The van der Waals surface area contributed by atoms with Crippen LogP contribution in [0.25, 0.3) is 0 Å². The van der Waals surface area contributed by atoms with Crippen molar-refractivity contribution in [3.8, 4) is 5.75 Å². The third-order valence-electron chi connectivity index (χ3n) is 2.16. The number of amides is 1. The van der Waals surface area contributed by atoms with E-state index in [4.69, 9.17) is 0 Å². The summed E-state index contributed by atoms with van der Waals surface area (Å²) in [4.78, 5) is 15.5. The van der Waals surface area contributed by atoms with E-state index in [1.807, 2.05) is 0 Å². The van der Waals surface area contributed by atoms with Crippen molar-refractivity contribution in [2.45, 2.75) is 0 Å². The molecule has 0 aliphatic rings. The van der Waals surface area contributed by atoms with E-state index in [1.165, 1.54) is 30.6 Å². The summed E-state index contributed by atoms with van der Waals surface area (Å²) in [6.45, 7) is 0. The molecule has 6 heteroatoms. The molecule has 18 heavy (non-hydrogen) atoms. The van der Waals surface area contributed by atoms with Crippen molar-refractivity contribution in [1.82, 2.24) is 4.98 Å². The smallest absolute Gasteiger partial charge is 0.257 e. The molecule has 0 saturated heterocycles. The quantitative estimate of drug-likeness (QED) is 0.896. The zero-order chi connectivity index (χ0) is 13.1. The zero-order valence-corrected chi connectivity index (χ0v) is 10.6. The SMILES string of the molecule is O=C(Nc1ccc(Br)c(F)c1)c1cncc(O)c1.